The zero-order chi connectivity index (χ0) is 17.9. The zero-order valence-electron chi connectivity index (χ0n) is 11.5. The van der Waals surface area contributed by atoms with Gasteiger partial charge < -0.3 is 0 Å². The Morgan fingerprint density at radius 2 is 1.83 bits per heavy atom. The summed E-state index contributed by atoms with van der Waals surface area (Å²) in [6.45, 7) is 0. The SMILES string of the molecule is O=C(OOc1ccc(C(F)(F)F)cc1Cl)c1ccccc1[N+](=O)[O-]. The minimum absolute atomic E-state index is 0.350. The second kappa shape index (κ2) is 6.75. The molecule has 0 aromatic heterocycles. The number of hydrogen-bond acceptors (Lipinski definition) is 5. The summed E-state index contributed by atoms with van der Waals surface area (Å²) in [5.41, 5.74) is -1.90. The molecule has 0 aliphatic carbocycles. The Bertz CT molecular complexity index is 794. The quantitative estimate of drug-likeness (QED) is 0.457. The second-order valence-electron chi connectivity index (χ2n) is 4.37. The van der Waals surface area contributed by atoms with Gasteiger partial charge in [0.1, 0.15) is 5.56 Å². The fourth-order valence-electron chi connectivity index (χ4n) is 1.68. The third-order valence-corrected chi connectivity index (χ3v) is 3.08. The molecule has 10 heteroatoms. The summed E-state index contributed by atoms with van der Waals surface area (Å²) >= 11 is 5.62. The Kier molecular flexibility index (Phi) is 4.93. The molecule has 2 aromatic carbocycles. The van der Waals surface area contributed by atoms with Crippen molar-refractivity contribution in [2.75, 3.05) is 0 Å². The minimum Gasteiger partial charge on any atom is -0.285 e. The van der Waals surface area contributed by atoms with Gasteiger partial charge in [0.2, 0.25) is 0 Å². The van der Waals surface area contributed by atoms with E-state index in [1.807, 2.05) is 0 Å². The Morgan fingerprint density at radius 3 is 2.42 bits per heavy atom. The van der Waals surface area contributed by atoms with Gasteiger partial charge in [0.15, 0.2) is 5.75 Å². The van der Waals surface area contributed by atoms with Crippen molar-refractivity contribution < 1.29 is 32.7 Å². The van der Waals surface area contributed by atoms with Crippen LogP contribution in [0.25, 0.3) is 0 Å². The maximum Gasteiger partial charge on any atom is 0.416 e. The number of para-hydroxylation sites is 1. The lowest BCUT2D eigenvalue weighted by Gasteiger charge is -2.09. The maximum atomic E-state index is 12.5. The Balaban J connectivity index is 2.14. The smallest absolute Gasteiger partial charge is 0.285 e. The summed E-state index contributed by atoms with van der Waals surface area (Å²) in [5, 5.41) is 10.4. The number of benzene rings is 2. The van der Waals surface area contributed by atoms with E-state index in [2.05, 4.69) is 9.78 Å². The van der Waals surface area contributed by atoms with Crippen LogP contribution in [-0.2, 0) is 11.1 Å². The molecule has 0 saturated heterocycles. The molecule has 0 bridgehead atoms. The van der Waals surface area contributed by atoms with Gasteiger partial charge in [-0.1, -0.05) is 23.7 Å². The summed E-state index contributed by atoms with van der Waals surface area (Å²) in [6, 6.07) is 7.07. The molecule has 2 aromatic rings. The van der Waals surface area contributed by atoms with E-state index in [1.165, 1.54) is 12.1 Å². The number of rotatable bonds is 4. The topological polar surface area (TPSA) is 78.7 Å². The summed E-state index contributed by atoms with van der Waals surface area (Å²) in [7, 11) is 0. The highest BCUT2D eigenvalue weighted by atomic mass is 35.5. The molecule has 0 spiro atoms. The number of hydrogen-bond donors (Lipinski definition) is 0. The first-order valence-electron chi connectivity index (χ1n) is 6.19. The van der Waals surface area contributed by atoms with E-state index in [4.69, 9.17) is 11.6 Å². The van der Waals surface area contributed by atoms with Gasteiger partial charge in [-0.2, -0.15) is 13.2 Å². The average Bonchev–Trinajstić information content (AvgIpc) is 2.52. The zero-order valence-corrected chi connectivity index (χ0v) is 12.3. The van der Waals surface area contributed by atoms with Crippen molar-refractivity contribution in [1.82, 2.24) is 0 Å². The molecule has 0 amide bonds. The van der Waals surface area contributed by atoms with Crippen LogP contribution in [0.2, 0.25) is 5.02 Å². The van der Waals surface area contributed by atoms with Crippen LogP contribution in [-0.4, -0.2) is 10.9 Å². The Hall–Kier alpha value is -2.81. The van der Waals surface area contributed by atoms with Gasteiger partial charge in [0, 0.05) is 6.07 Å². The van der Waals surface area contributed by atoms with Crippen molar-refractivity contribution in [2.45, 2.75) is 6.18 Å². The van der Waals surface area contributed by atoms with Crippen molar-refractivity contribution in [3.63, 3.8) is 0 Å². The lowest BCUT2D eigenvalue weighted by molar-refractivity contribution is -0.385. The van der Waals surface area contributed by atoms with Gasteiger partial charge in [-0.3, -0.25) is 15.0 Å². The number of carbonyl (C=O) groups is 1. The highest BCUT2D eigenvalue weighted by molar-refractivity contribution is 6.32. The largest absolute Gasteiger partial charge is 0.416 e. The Morgan fingerprint density at radius 1 is 1.17 bits per heavy atom. The molecule has 0 aliphatic heterocycles. The molecule has 0 radical (unpaired) electrons. The van der Waals surface area contributed by atoms with Crippen LogP contribution < -0.4 is 4.89 Å². The van der Waals surface area contributed by atoms with Crippen LogP contribution in [0, 0.1) is 10.1 Å². The lowest BCUT2D eigenvalue weighted by Crippen LogP contribution is -2.11. The summed E-state index contributed by atoms with van der Waals surface area (Å²) in [4.78, 5) is 30.8. The first-order valence-corrected chi connectivity index (χ1v) is 6.57. The number of carbonyl (C=O) groups excluding carboxylic acids is 1. The summed E-state index contributed by atoms with van der Waals surface area (Å²) in [5.74, 6) is -1.55. The van der Waals surface area contributed by atoms with E-state index in [1.54, 1.807) is 0 Å². The van der Waals surface area contributed by atoms with Crippen LogP contribution >= 0.6 is 11.6 Å². The highest BCUT2D eigenvalue weighted by Crippen LogP contribution is 2.34. The van der Waals surface area contributed by atoms with Crippen molar-refractivity contribution in [3.05, 3.63) is 68.7 Å². The third kappa shape index (κ3) is 3.93. The molecular formula is C14H7ClF3NO5. The van der Waals surface area contributed by atoms with E-state index in [-0.39, 0.29) is 11.3 Å². The second-order valence-corrected chi connectivity index (χ2v) is 4.78. The molecule has 126 valence electrons. The van der Waals surface area contributed by atoms with Gasteiger partial charge in [-0.25, -0.2) is 9.68 Å². The molecule has 0 unspecified atom stereocenters. The first-order chi connectivity index (χ1) is 11.2. The van der Waals surface area contributed by atoms with Crippen LogP contribution in [0.3, 0.4) is 0 Å². The number of halogens is 4. The number of nitrogens with zero attached hydrogens (tertiary/aromatic N) is 1. The van der Waals surface area contributed by atoms with Crippen molar-refractivity contribution in [1.29, 1.82) is 0 Å². The predicted octanol–water partition coefficient (Wildman–Crippen LogP) is 4.42. The highest BCUT2D eigenvalue weighted by Gasteiger charge is 2.31. The number of nitro groups is 1. The van der Waals surface area contributed by atoms with Crippen LogP contribution in [0.5, 0.6) is 5.75 Å². The molecule has 24 heavy (non-hydrogen) atoms. The fraction of sp³-hybridized carbons (Fsp3) is 0.0714. The number of alkyl halides is 3. The van der Waals surface area contributed by atoms with Crippen molar-refractivity contribution in [2.24, 2.45) is 0 Å². The van der Waals surface area contributed by atoms with Gasteiger partial charge in [-0.15, -0.1) is 0 Å². The summed E-state index contributed by atoms with van der Waals surface area (Å²) in [6.07, 6.45) is -4.59. The maximum absolute atomic E-state index is 12.5. The van der Waals surface area contributed by atoms with E-state index in [9.17, 15) is 28.1 Å². The lowest BCUT2D eigenvalue weighted by atomic mass is 10.2. The molecular weight excluding hydrogens is 355 g/mol. The first kappa shape index (κ1) is 17.5. The fourth-order valence-corrected chi connectivity index (χ4v) is 1.89. The minimum atomic E-state index is -4.59. The van der Waals surface area contributed by atoms with Gasteiger partial charge in [0.05, 0.1) is 15.5 Å². The van der Waals surface area contributed by atoms with E-state index in [0.29, 0.717) is 12.1 Å². The van der Waals surface area contributed by atoms with Gasteiger partial charge >= 0.3 is 12.1 Å². The molecule has 0 fully saturated rings. The van der Waals surface area contributed by atoms with E-state index >= 15 is 0 Å². The standard InChI is InChI=1S/C14H7ClF3NO5/c15-10-7-8(14(16,17)18)5-6-12(10)23-24-13(20)9-3-1-2-4-11(9)19(21)22/h1-7H. The predicted molar refractivity (Wildman–Crippen MR) is 75.6 cm³/mol. The van der Waals surface area contributed by atoms with Gasteiger partial charge in [0.25, 0.3) is 5.69 Å². The van der Waals surface area contributed by atoms with Crippen molar-refractivity contribution >= 4 is 23.3 Å². The van der Waals surface area contributed by atoms with Crippen LogP contribution in [0.4, 0.5) is 18.9 Å². The average molecular weight is 362 g/mol. The third-order valence-electron chi connectivity index (χ3n) is 2.79. The normalized spacial score (nSPS) is 11.0. The van der Waals surface area contributed by atoms with E-state index in [0.717, 1.165) is 18.2 Å². The molecule has 2 rings (SSSR count). The van der Waals surface area contributed by atoms with Gasteiger partial charge in [-0.05, 0) is 24.3 Å². The van der Waals surface area contributed by atoms with E-state index < -0.39 is 33.3 Å². The molecule has 0 N–H and O–H groups in total. The number of nitro benzene ring substituents is 1. The van der Waals surface area contributed by atoms with Crippen LogP contribution in [0.15, 0.2) is 42.5 Å². The van der Waals surface area contributed by atoms with Crippen LogP contribution in [0.1, 0.15) is 15.9 Å². The van der Waals surface area contributed by atoms with Crippen molar-refractivity contribution in [3.8, 4) is 5.75 Å². The Labute approximate surface area is 137 Å². The molecule has 0 atom stereocenters. The summed E-state index contributed by atoms with van der Waals surface area (Å²) < 4.78 is 37.5. The molecule has 0 heterocycles. The monoisotopic (exact) mass is 361 g/mol. The molecule has 0 aliphatic rings. The molecule has 0 saturated carbocycles. The molecule has 6 nitrogen and oxygen atoms in total.